The van der Waals surface area contributed by atoms with Crippen molar-refractivity contribution in [2.45, 2.75) is 65.3 Å². The molecule has 0 aliphatic heterocycles. The second kappa shape index (κ2) is 11.2. The minimum atomic E-state index is -0.844. The van der Waals surface area contributed by atoms with E-state index in [-0.39, 0.29) is 5.91 Å². The number of benzene rings is 1. The van der Waals surface area contributed by atoms with Crippen LogP contribution in [0, 0.1) is 12.8 Å². The first-order valence-corrected chi connectivity index (χ1v) is 11.1. The Balaban J connectivity index is 0.000000438. The van der Waals surface area contributed by atoms with E-state index in [0.717, 1.165) is 34.4 Å². The van der Waals surface area contributed by atoms with Gasteiger partial charge in [0.05, 0.1) is 5.56 Å². The number of hydrogen-bond donors (Lipinski definition) is 2. The Morgan fingerprint density at radius 1 is 1.17 bits per heavy atom. The third-order valence-corrected chi connectivity index (χ3v) is 5.93. The average Bonchev–Trinajstić information content (AvgIpc) is 3.00. The molecule has 0 atom stereocenters. The molecule has 29 heavy (non-hydrogen) atoms. The molecular weight excluding hydrogens is 432 g/mol. The second-order valence-electron chi connectivity index (χ2n) is 7.67. The third-order valence-electron chi connectivity index (χ3n) is 5.40. The summed E-state index contributed by atoms with van der Waals surface area (Å²) in [7, 11) is 0. The SMILES string of the molecule is CCCC(N)=O.Cc1c(C(=O)O)cc(-c2ccc(Br)cc2)n1CC1CCCCC1. The van der Waals surface area contributed by atoms with Gasteiger partial charge in [-0.15, -0.1) is 0 Å². The van der Waals surface area contributed by atoms with E-state index in [1.54, 1.807) is 0 Å². The van der Waals surface area contributed by atoms with E-state index in [2.05, 4.69) is 20.5 Å². The summed E-state index contributed by atoms with van der Waals surface area (Å²) in [5, 5.41) is 9.48. The standard InChI is InChI=1S/C19H22BrNO2.C4H9NO/c1-13-17(19(22)23)11-18(15-7-9-16(20)10-8-15)21(13)12-14-5-3-2-4-6-14;1-2-3-4(5)6/h7-11,14H,2-6,12H2,1H3,(H,22,23);2-3H2,1H3,(H2,5,6). The molecule has 1 saturated carbocycles. The summed E-state index contributed by atoms with van der Waals surface area (Å²) in [4.78, 5) is 21.4. The number of rotatable bonds is 6. The van der Waals surface area contributed by atoms with Crippen LogP contribution < -0.4 is 5.73 Å². The minimum absolute atomic E-state index is 0.211. The van der Waals surface area contributed by atoms with E-state index in [0.29, 0.717) is 17.9 Å². The predicted molar refractivity (Wildman–Crippen MR) is 120 cm³/mol. The molecule has 3 N–H and O–H groups in total. The zero-order valence-electron chi connectivity index (χ0n) is 17.3. The normalized spacial score (nSPS) is 14.2. The highest BCUT2D eigenvalue weighted by Crippen LogP contribution is 2.31. The Kier molecular flexibility index (Phi) is 8.96. The maximum atomic E-state index is 11.5. The monoisotopic (exact) mass is 462 g/mol. The van der Waals surface area contributed by atoms with Gasteiger partial charge in [0, 0.05) is 28.8 Å². The van der Waals surface area contributed by atoms with Crippen molar-refractivity contribution in [3.8, 4) is 11.3 Å². The summed E-state index contributed by atoms with van der Waals surface area (Å²) in [6.45, 7) is 4.77. The van der Waals surface area contributed by atoms with Crippen LogP contribution in [-0.2, 0) is 11.3 Å². The van der Waals surface area contributed by atoms with Gasteiger partial charge in [-0.1, -0.05) is 54.2 Å². The molecule has 1 amide bonds. The van der Waals surface area contributed by atoms with E-state index in [9.17, 15) is 14.7 Å². The minimum Gasteiger partial charge on any atom is -0.478 e. The highest BCUT2D eigenvalue weighted by molar-refractivity contribution is 9.10. The summed E-state index contributed by atoms with van der Waals surface area (Å²) in [5.74, 6) is -0.397. The molecule has 0 saturated heterocycles. The topological polar surface area (TPSA) is 85.3 Å². The molecule has 1 heterocycles. The zero-order valence-corrected chi connectivity index (χ0v) is 18.9. The lowest BCUT2D eigenvalue weighted by Crippen LogP contribution is -2.16. The Morgan fingerprint density at radius 3 is 2.28 bits per heavy atom. The van der Waals surface area contributed by atoms with E-state index in [4.69, 9.17) is 5.73 Å². The molecule has 0 spiro atoms. The highest BCUT2D eigenvalue weighted by atomic mass is 79.9. The summed E-state index contributed by atoms with van der Waals surface area (Å²) in [6, 6.07) is 9.92. The maximum Gasteiger partial charge on any atom is 0.337 e. The lowest BCUT2D eigenvalue weighted by molar-refractivity contribution is -0.118. The Labute approximate surface area is 181 Å². The molecule has 0 radical (unpaired) electrons. The predicted octanol–water partition coefficient (Wildman–Crippen LogP) is 5.78. The summed E-state index contributed by atoms with van der Waals surface area (Å²) < 4.78 is 3.24. The van der Waals surface area contributed by atoms with Gasteiger partial charge >= 0.3 is 5.97 Å². The second-order valence-corrected chi connectivity index (χ2v) is 8.59. The Bertz CT molecular complexity index is 821. The number of primary amides is 1. The molecule has 3 rings (SSSR count). The number of carboxylic acid groups (broad SMARTS) is 1. The van der Waals surface area contributed by atoms with E-state index < -0.39 is 5.97 Å². The quantitative estimate of drug-likeness (QED) is 0.570. The first-order valence-electron chi connectivity index (χ1n) is 10.3. The number of carbonyl (C=O) groups excluding carboxylic acids is 1. The number of carboxylic acids is 1. The van der Waals surface area contributed by atoms with Gasteiger partial charge in [0.25, 0.3) is 0 Å². The van der Waals surface area contributed by atoms with Crippen molar-refractivity contribution in [3.63, 3.8) is 0 Å². The van der Waals surface area contributed by atoms with Crippen molar-refractivity contribution >= 4 is 27.8 Å². The number of amides is 1. The highest BCUT2D eigenvalue weighted by Gasteiger charge is 2.21. The van der Waals surface area contributed by atoms with Crippen molar-refractivity contribution in [1.29, 1.82) is 0 Å². The van der Waals surface area contributed by atoms with E-state index in [1.807, 2.05) is 44.2 Å². The van der Waals surface area contributed by atoms with Gasteiger partial charge in [-0.25, -0.2) is 4.79 Å². The molecule has 158 valence electrons. The fraction of sp³-hybridized carbons (Fsp3) is 0.478. The smallest absolute Gasteiger partial charge is 0.337 e. The van der Waals surface area contributed by atoms with Crippen molar-refractivity contribution in [1.82, 2.24) is 4.57 Å². The summed E-state index contributed by atoms with van der Waals surface area (Å²) in [6.07, 6.45) is 7.80. The molecule has 1 aromatic heterocycles. The molecule has 0 bridgehead atoms. The first-order chi connectivity index (χ1) is 13.8. The van der Waals surface area contributed by atoms with Gasteiger partial charge in [0.15, 0.2) is 0 Å². The fourth-order valence-electron chi connectivity index (χ4n) is 3.83. The van der Waals surface area contributed by atoms with Crippen LogP contribution >= 0.6 is 15.9 Å². The molecule has 1 aromatic carbocycles. The molecule has 1 aliphatic rings. The number of hydrogen-bond acceptors (Lipinski definition) is 2. The summed E-state index contributed by atoms with van der Waals surface area (Å²) in [5.41, 5.74) is 8.12. The average molecular weight is 463 g/mol. The number of halogens is 1. The van der Waals surface area contributed by atoms with Gasteiger partial charge in [0.2, 0.25) is 5.91 Å². The number of aromatic carboxylic acids is 1. The van der Waals surface area contributed by atoms with Gasteiger partial charge in [-0.05, 0) is 55.9 Å². The van der Waals surface area contributed by atoms with Crippen LogP contribution in [0.15, 0.2) is 34.8 Å². The summed E-state index contributed by atoms with van der Waals surface area (Å²) >= 11 is 3.46. The van der Waals surface area contributed by atoms with Crippen LogP contribution in [-0.4, -0.2) is 21.6 Å². The lowest BCUT2D eigenvalue weighted by Gasteiger charge is -2.24. The lowest BCUT2D eigenvalue weighted by atomic mass is 9.89. The Morgan fingerprint density at radius 2 is 1.79 bits per heavy atom. The molecular formula is C23H31BrN2O3. The van der Waals surface area contributed by atoms with Crippen LogP contribution in [0.5, 0.6) is 0 Å². The van der Waals surface area contributed by atoms with Crippen LogP contribution in [0.4, 0.5) is 0 Å². The van der Waals surface area contributed by atoms with Crippen LogP contribution in [0.2, 0.25) is 0 Å². The van der Waals surface area contributed by atoms with Crippen molar-refractivity contribution in [2.75, 3.05) is 0 Å². The van der Waals surface area contributed by atoms with Gasteiger partial charge in [0.1, 0.15) is 0 Å². The van der Waals surface area contributed by atoms with Gasteiger partial charge in [-0.2, -0.15) is 0 Å². The number of nitrogens with two attached hydrogens (primary N) is 1. The molecule has 5 nitrogen and oxygen atoms in total. The van der Waals surface area contributed by atoms with E-state index >= 15 is 0 Å². The van der Waals surface area contributed by atoms with E-state index in [1.165, 1.54) is 32.1 Å². The molecule has 6 heteroatoms. The Hall–Kier alpha value is -2.08. The number of carbonyl (C=O) groups is 2. The fourth-order valence-corrected chi connectivity index (χ4v) is 4.10. The molecule has 1 aliphatic carbocycles. The zero-order chi connectivity index (χ0) is 21.4. The third kappa shape index (κ3) is 6.74. The molecule has 0 unspecified atom stereocenters. The van der Waals surface area contributed by atoms with Crippen LogP contribution in [0.3, 0.4) is 0 Å². The van der Waals surface area contributed by atoms with Crippen LogP contribution in [0.1, 0.15) is 67.9 Å². The number of nitrogens with zero attached hydrogens (tertiary/aromatic N) is 1. The van der Waals surface area contributed by atoms with Crippen molar-refractivity contribution in [2.24, 2.45) is 11.7 Å². The largest absolute Gasteiger partial charge is 0.478 e. The first kappa shape index (κ1) is 23.2. The molecule has 2 aromatic rings. The van der Waals surface area contributed by atoms with Crippen molar-refractivity contribution < 1.29 is 14.7 Å². The van der Waals surface area contributed by atoms with Gasteiger partial charge in [-0.3, -0.25) is 4.79 Å². The van der Waals surface area contributed by atoms with Gasteiger partial charge < -0.3 is 15.4 Å². The molecule has 1 fully saturated rings. The maximum absolute atomic E-state index is 11.5. The van der Waals surface area contributed by atoms with Crippen molar-refractivity contribution in [3.05, 3.63) is 46.1 Å². The number of aromatic nitrogens is 1. The van der Waals surface area contributed by atoms with Crippen LogP contribution in [0.25, 0.3) is 11.3 Å².